The molecule has 0 saturated carbocycles. The summed E-state index contributed by atoms with van der Waals surface area (Å²) in [5.74, 6) is -0.376. The first-order chi connectivity index (χ1) is 15.4. The molecule has 7 heteroatoms. The van der Waals surface area contributed by atoms with Gasteiger partial charge in [-0.05, 0) is 61.9 Å². The fourth-order valence-corrected chi connectivity index (χ4v) is 5.29. The Balaban J connectivity index is 1.87. The van der Waals surface area contributed by atoms with Gasteiger partial charge < -0.3 is 9.80 Å². The van der Waals surface area contributed by atoms with Crippen molar-refractivity contribution >= 4 is 39.9 Å². The molecule has 32 heavy (non-hydrogen) atoms. The van der Waals surface area contributed by atoms with Crippen LogP contribution in [0.4, 0.5) is 5.69 Å². The van der Waals surface area contributed by atoms with Gasteiger partial charge in [0.05, 0.1) is 38.4 Å². The standard InChI is InChI=1S/C25H23ClN2O3S/c1-3-27(4-2)24(29)18-11-14-23-21(15-18)28(16-17-9-12-19(26)13-10-17)25(30)20-7-5-6-8-22(20)32(23)31/h5-15H,3-4,16H2,1-2H3/t32-/m1/s1. The van der Waals surface area contributed by atoms with Crippen molar-refractivity contribution in [3.05, 3.63) is 88.4 Å². The van der Waals surface area contributed by atoms with Crippen molar-refractivity contribution in [3.8, 4) is 0 Å². The molecule has 0 N–H and O–H groups in total. The van der Waals surface area contributed by atoms with E-state index in [1.807, 2.05) is 26.0 Å². The number of amides is 2. The van der Waals surface area contributed by atoms with Gasteiger partial charge in [0.2, 0.25) is 0 Å². The highest BCUT2D eigenvalue weighted by molar-refractivity contribution is 7.85. The molecule has 0 aliphatic carbocycles. The third-order valence-electron chi connectivity index (χ3n) is 5.56. The Morgan fingerprint density at radius 1 is 0.969 bits per heavy atom. The SMILES string of the molecule is CCN(CC)C(=O)c1ccc2c(c1)N(Cc1ccc(Cl)cc1)C(=O)c1ccccc1[S@]2=O. The first-order valence-electron chi connectivity index (χ1n) is 10.4. The lowest BCUT2D eigenvalue weighted by Gasteiger charge is -2.25. The zero-order chi connectivity index (χ0) is 22.8. The van der Waals surface area contributed by atoms with E-state index >= 15 is 0 Å². The monoisotopic (exact) mass is 466 g/mol. The zero-order valence-electron chi connectivity index (χ0n) is 17.9. The van der Waals surface area contributed by atoms with Crippen LogP contribution in [0.1, 0.15) is 40.1 Å². The van der Waals surface area contributed by atoms with E-state index in [2.05, 4.69) is 0 Å². The average Bonchev–Trinajstić information content (AvgIpc) is 2.90. The molecule has 1 aliphatic rings. The summed E-state index contributed by atoms with van der Waals surface area (Å²) >= 11 is 6.03. The summed E-state index contributed by atoms with van der Waals surface area (Å²) in [5, 5.41) is 0.606. The van der Waals surface area contributed by atoms with Crippen molar-refractivity contribution in [2.75, 3.05) is 18.0 Å². The van der Waals surface area contributed by atoms with Crippen molar-refractivity contribution in [1.82, 2.24) is 4.90 Å². The van der Waals surface area contributed by atoms with Crippen LogP contribution in [0.15, 0.2) is 76.5 Å². The molecule has 4 rings (SSSR count). The number of anilines is 1. The van der Waals surface area contributed by atoms with Gasteiger partial charge >= 0.3 is 0 Å². The Kier molecular flexibility index (Phi) is 6.44. The molecule has 164 valence electrons. The van der Waals surface area contributed by atoms with Gasteiger partial charge in [-0.3, -0.25) is 9.59 Å². The molecule has 0 saturated heterocycles. The second kappa shape index (κ2) is 9.27. The van der Waals surface area contributed by atoms with Crippen molar-refractivity contribution in [2.45, 2.75) is 30.2 Å². The summed E-state index contributed by atoms with van der Waals surface area (Å²) in [6, 6.07) is 19.3. The lowest BCUT2D eigenvalue weighted by atomic mass is 10.1. The fraction of sp³-hybridized carbons (Fsp3) is 0.200. The molecule has 3 aromatic carbocycles. The van der Waals surface area contributed by atoms with Crippen LogP contribution >= 0.6 is 11.6 Å². The molecule has 0 aromatic heterocycles. The molecule has 3 aromatic rings. The van der Waals surface area contributed by atoms with Crippen LogP contribution in [0.5, 0.6) is 0 Å². The quantitative estimate of drug-likeness (QED) is 0.522. The molecule has 0 spiro atoms. The number of halogens is 1. The molecule has 1 aliphatic heterocycles. The maximum atomic E-state index is 13.6. The van der Waals surface area contributed by atoms with Crippen molar-refractivity contribution in [3.63, 3.8) is 0 Å². The van der Waals surface area contributed by atoms with E-state index in [4.69, 9.17) is 11.6 Å². The van der Waals surface area contributed by atoms with Gasteiger partial charge in [0.15, 0.2) is 0 Å². The van der Waals surface area contributed by atoms with Crippen LogP contribution in [-0.4, -0.2) is 34.0 Å². The number of hydrogen-bond donors (Lipinski definition) is 0. The number of carbonyl (C=O) groups excluding carboxylic acids is 2. The van der Waals surface area contributed by atoms with Crippen LogP contribution in [-0.2, 0) is 17.3 Å². The Bertz CT molecular complexity index is 1210. The number of carbonyl (C=O) groups is 2. The van der Waals surface area contributed by atoms with E-state index < -0.39 is 10.8 Å². The number of rotatable bonds is 5. The van der Waals surface area contributed by atoms with E-state index in [1.54, 1.807) is 64.4 Å². The summed E-state index contributed by atoms with van der Waals surface area (Å²) in [7, 11) is -1.55. The first kappa shape index (κ1) is 22.2. The topological polar surface area (TPSA) is 57.7 Å². The smallest absolute Gasteiger partial charge is 0.259 e. The van der Waals surface area contributed by atoms with Crippen LogP contribution in [0.3, 0.4) is 0 Å². The van der Waals surface area contributed by atoms with Gasteiger partial charge in [0.25, 0.3) is 11.8 Å². The number of fused-ring (bicyclic) bond motifs is 2. The van der Waals surface area contributed by atoms with Crippen molar-refractivity contribution < 1.29 is 13.8 Å². The average molecular weight is 467 g/mol. The van der Waals surface area contributed by atoms with Gasteiger partial charge in [-0.15, -0.1) is 0 Å². The lowest BCUT2D eigenvalue weighted by Crippen LogP contribution is -2.32. The normalized spacial score (nSPS) is 15.0. The summed E-state index contributed by atoms with van der Waals surface area (Å²) in [6.45, 7) is 5.27. The lowest BCUT2D eigenvalue weighted by molar-refractivity contribution is 0.0772. The van der Waals surface area contributed by atoms with E-state index in [1.165, 1.54) is 0 Å². The molecule has 0 radical (unpaired) electrons. The maximum Gasteiger partial charge on any atom is 0.259 e. The molecule has 0 unspecified atom stereocenters. The Morgan fingerprint density at radius 2 is 1.66 bits per heavy atom. The summed E-state index contributed by atoms with van der Waals surface area (Å²) < 4.78 is 13.5. The highest BCUT2D eigenvalue weighted by Crippen LogP contribution is 2.36. The highest BCUT2D eigenvalue weighted by Gasteiger charge is 2.31. The molecule has 1 atom stereocenters. The summed E-state index contributed by atoms with van der Waals surface area (Å²) in [5.41, 5.74) is 2.22. The molecule has 1 heterocycles. The van der Waals surface area contributed by atoms with Gasteiger partial charge in [0.1, 0.15) is 0 Å². The second-order valence-electron chi connectivity index (χ2n) is 7.44. The third-order valence-corrected chi connectivity index (χ3v) is 7.32. The van der Waals surface area contributed by atoms with Crippen LogP contribution < -0.4 is 4.90 Å². The second-order valence-corrected chi connectivity index (χ2v) is 9.30. The molecule has 5 nitrogen and oxygen atoms in total. The highest BCUT2D eigenvalue weighted by atomic mass is 35.5. The predicted octanol–water partition coefficient (Wildman–Crippen LogP) is 5.15. The van der Waals surface area contributed by atoms with Crippen LogP contribution in [0.25, 0.3) is 0 Å². The molecule has 0 bridgehead atoms. The summed E-state index contributed by atoms with van der Waals surface area (Å²) in [6.07, 6.45) is 0. The molecule has 2 amide bonds. The van der Waals surface area contributed by atoms with Crippen LogP contribution in [0, 0.1) is 0 Å². The van der Waals surface area contributed by atoms with E-state index in [0.29, 0.717) is 44.7 Å². The zero-order valence-corrected chi connectivity index (χ0v) is 19.4. The van der Waals surface area contributed by atoms with Gasteiger partial charge in [-0.25, -0.2) is 4.21 Å². The Morgan fingerprint density at radius 3 is 2.34 bits per heavy atom. The number of benzene rings is 3. The Hall–Kier alpha value is -2.96. The third kappa shape index (κ3) is 4.08. The molecular weight excluding hydrogens is 444 g/mol. The van der Waals surface area contributed by atoms with E-state index in [-0.39, 0.29) is 18.4 Å². The maximum absolute atomic E-state index is 13.6. The first-order valence-corrected chi connectivity index (χ1v) is 12.0. The largest absolute Gasteiger partial charge is 0.339 e. The fourth-order valence-electron chi connectivity index (χ4n) is 3.82. The van der Waals surface area contributed by atoms with Crippen LogP contribution in [0.2, 0.25) is 5.02 Å². The van der Waals surface area contributed by atoms with E-state index in [0.717, 1.165) is 5.56 Å². The molecular formula is C25H23ClN2O3S. The van der Waals surface area contributed by atoms with Gasteiger partial charge in [-0.1, -0.05) is 35.9 Å². The van der Waals surface area contributed by atoms with Gasteiger partial charge in [0, 0.05) is 23.7 Å². The van der Waals surface area contributed by atoms with E-state index in [9.17, 15) is 13.8 Å². The van der Waals surface area contributed by atoms with Crippen molar-refractivity contribution in [1.29, 1.82) is 0 Å². The minimum absolute atomic E-state index is 0.121. The minimum Gasteiger partial charge on any atom is -0.339 e. The predicted molar refractivity (Wildman–Crippen MR) is 127 cm³/mol. The minimum atomic E-state index is -1.55. The van der Waals surface area contributed by atoms with Crippen molar-refractivity contribution in [2.24, 2.45) is 0 Å². The number of hydrogen-bond acceptors (Lipinski definition) is 3. The van der Waals surface area contributed by atoms with Gasteiger partial charge in [-0.2, -0.15) is 0 Å². The Labute approximate surface area is 195 Å². The number of nitrogens with zero attached hydrogens (tertiary/aromatic N) is 2. The summed E-state index contributed by atoms with van der Waals surface area (Å²) in [4.78, 5) is 30.9. The molecule has 0 fully saturated rings.